The first-order chi connectivity index (χ1) is 15.9. The summed E-state index contributed by atoms with van der Waals surface area (Å²) in [6.45, 7) is 5.08. The van der Waals surface area contributed by atoms with E-state index in [1.54, 1.807) is 16.4 Å². The second-order valence-corrected chi connectivity index (χ2v) is 9.18. The van der Waals surface area contributed by atoms with Crippen molar-refractivity contribution in [2.75, 3.05) is 18.4 Å². The van der Waals surface area contributed by atoms with Crippen LogP contribution in [0.5, 0.6) is 0 Å². The molecular formula is C24H29N5O3S. The lowest BCUT2D eigenvalue weighted by Gasteiger charge is -2.35. The number of para-hydroxylation sites is 1. The maximum absolute atomic E-state index is 13.1. The molecular weight excluding hydrogens is 438 g/mol. The van der Waals surface area contributed by atoms with Crippen LogP contribution < -0.4 is 16.2 Å². The average molecular weight is 468 g/mol. The highest BCUT2D eigenvalue weighted by Crippen LogP contribution is 2.18. The zero-order chi connectivity index (χ0) is 23.5. The van der Waals surface area contributed by atoms with Crippen molar-refractivity contribution in [2.24, 2.45) is 7.05 Å². The van der Waals surface area contributed by atoms with Gasteiger partial charge in [0.15, 0.2) is 0 Å². The van der Waals surface area contributed by atoms with Crippen molar-refractivity contribution in [2.45, 2.75) is 38.8 Å². The molecule has 0 bridgehead atoms. The number of amides is 2. The molecule has 1 unspecified atom stereocenters. The topological polar surface area (TPSA) is 88.4 Å². The molecule has 1 atom stereocenters. The number of nitrogens with one attached hydrogen (secondary N) is 2. The van der Waals surface area contributed by atoms with E-state index in [0.717, 1.165) is 18.5 Å². The zero-order valence-corrected chi connectivity index (χ0v) is 19.9. The molecule has 0 aliphatic carbocycles. The monoisotopic (exact) mass is 467 g/mol. The van der Waals surface area contributed by atoms with E-state index in [4.69, 9.17) is 0 Å². The molecule has 2 amide bonds. The molecule has 0 radical (unpaired) electrons. The second kappa shape index (κ2) is 9.76. The zero-order valence-electron chi connectivity index (χ0n) is 19.1. The fourth-order valence-electron chi connectivity index (χ4n) is 4.20. The van der Waals surface area contributed by atoms with Crippen molar-refractivity contribution in [1.29, 1.82) is 0 Å². The summed E-state index contributed by atoms with van der Waals surface area (Å²) >= 11 is 1.50. The van der Waals surface area contributed by atoms with Crippen LogP contribution in [0.4, 0.5) is 5.69 Å². The van der Waals surface area contributed by atoms with Gasteiger partial charge < -0.3 is 10.6 Å². The largest absolute Gasteiger partial charge is 0.349 e. The van der Waals surface area contributed by atoms with Crippen LogP contribution in [-0.4, -0.2) is 51.3 Å². The molecule has 1 fully saturated rings. The number of likely N-dealkylation sites (tertiary alicyclic amines) is 1. The molecule has 1 aliphatic rings. The van der Waals surface area contributed by atoms with Gasteiger partial charge >= 0.3 is 0 Å². The van der Waals surface area contributed by atoms with E-state index in [2.05, 4.69) is 15.5 Å². The minimum atomic E-state index is -0.386. The number of benzene rings is 1. The van der Waals surface area contributed by atoms with Gasteiger partial charge in [0.25, 0.3) is 11.5 Å². The Balaban J connectivity index is 1.38. The standard InChI is InChI=1S/C24H29N5O3S/c1-16-21(24(32)29(27(16)3)20-7-5-4-6-8-20)26-22(30)17(2)28-12-9-19(10-13-28)25-23(31)18-11-14-33-15-18/h4-8,11,14-15,17,19H,9-10,12-13H2,1-3H3,(H,25,31)(H,26,30). The van der Waals surface area contributed by atoms with Gasteiger partial charge in [-0.1, -0.05) is 18.2 Å². The van der Waals surface area contributed by atoms with Gasteiger partial charge in [-0.05, 0) is 50.3 Å². The van der Waals surface area contributed by atoms with E-state index in [-0.39, 0.29) is 29.5 Å². The lowest BCUT2D eigenvalue weighted by molar-refractivity contribution is -0.121. The van der Waals surface area contributed by atoms with Gasteiger partial charge in [0.05, 0.1) is 17.4 Å². The third-order valence-corrected chi connectivity index (χ3v) is 7.06. The number of carbonyl (C=O) groups excluding carboxylic acids is 2. The average Bonchev–Trinajstić information content (AvgIpc) is 3.44. The van der Waals surface area contributed by atoms with Crippen LogP contribution >= 0.6 is 11.3 Å². The lowest BCUT2D eigenvalue weighted by Crippen LogP contribution is -2.50. The molecule has 9 heteroatoms. The summed E-state index contributed by atoms with van der Waals surface area (Å²) in [6, 6.07) is 10.9. The fraction of sp³-hybridized carbons (Fsp3) is 0.375. The first kappa shape index (κ1) is 23.0. The molecule has 8 nitrogen and oxygen atoms in total. The molecule has 2 N–H and O–H groups in total. The van der Waals surface area contributed by atoms with E-state index in [1.807, 2.05) is 61.0 Å². The Hall–Kier alpha value is -3.17. The number of piperidine rings is 1. The van der Waals surface area contributed by atoms with Crippen LogP contribution in [0.1, 0.15) is 35.8 Å². The summed E-state index contributed by atoms with van der Waals surface area (Å²) in [5.41, 5.74) is 2.18. The number of anilines is 1. The second-order valence-electron chi connectivity index (χ2n) is 8.40. The predicted molar refractivity (Wildman–Crippen MR) is 130 cm³/mol. The number of hydrogen-bond donors (Lipinski definition) is 2. The summed E-state index contributed by atoms with van der Waals surface area (Å²) < 4.78 is 3.30. The summed E-state index contributed by atoms with van der Waals surface area (Å²) in [5, 5.41) is 9.68. The van der Waals surface area contributed by atoms with Crippen LogP contribution in [0.15, 0.2) is 52.0 Å². The number of carbonyl (C=O) groups is 2. The van der Waals surface area contributed by atoms with Crippen molar-refractivity contribution in [1.82, 2.24) is 19.6 Å². The van der Waals surface area contributed by atoms with Gasteiger partial charge in [-0.15, -0.1) is 0 Å². The normalized spacial score (nSPS) is 15.8. The highest BCUT2D eigenvalue weighted by Gasteiger charge is 2.29. The minimum Gasteiger partial charge on any atom is -0.349 e. The van der Waals surface area contributed by atoms with Crippen LogP contribution in [0.25, 0.3) is 5.69 Å². The van der Waals surface area contributed by atoms with E-state index >= 15 is 0 Å². The van der Waals surface area contributed by atoms with Gasteiger partial charge in [0.1, 0.15) is 5.69 Å². The highest BCUT2D eigenvalue weighted by atomic mass is 32.1. The van der Waals surface area contributed by atoms with Crippen LogP contribution in [0.3, 0.4) is 0 Å². The SMILES string of the molecule is Cc1c(NC(=O)C(C)N2CCC(NC(=O)c3ccsc3)CC2)c(=O)n(-c2ccccc2)n1C. The van der Waals surface area contributed by atoms with E-state index in [1.165, 1.54) is 11.3 Å². The predicted octanol–water partition coefficient (Wildman–Crippen LogP) is 2.77. The van der Waals surface area contributed by atoms with Crippen molar-refractivity contribution in [3.05, 3.63) is 68.8 Å². The quantitative estimate of drug-likeness (QED) is 0.584. The molecule has 0 saturated carbocycles. The van der Waals surface area contributed by atoms with Gasteiger partial charge in [0, 0.05) is 37.1 Å². The summed E-state index contributed by atoms with van der Waals surface area (Å²) in [7, 11) is 1.80. The number of nitrogens with zero attached hydrogens (tertiary/aromatic N) is 3. The van der Waals surface area contributed by atoms with Gasteiger partial charge in [-0.2, -0.15) is 11.3 Å². The number of aromatic nitrogens is 2. The number of rotatable bonds is 6. The smallest absolute Gasteiger partial charge is 0.295 e. The summed E-state index contributed by atoms with van der Waals surface area (Å²) in [6.07, 6.45) is 1.55. The third-order valence-electron chi connectivity index (χ3n) is 6.38. The van der Waals surface area contributed by atoms with Crippen LogP contribution in [-0.2, 0) is 11.8 Å². The first-order valence-electron chi connectivity index (χ1n) is 11.1. The third kappa shape index (κ3) is 4.79. The number of hydrogen-bond acceptors (Lipinski definition) is 5. The Morgan fingerprint density at radius 2 is 1.82 bits per heavy atom. The van der Waals surface area contributed by atoms with Gasteiger partial charge in [0.2, 0.25) is 5.91 Å². The Morgan fingerprint density at radius 1 is 1.12 bits per heavy atom. The first-order valence-corrected chi connectivity index (χ1v) is 12.0. The van der Waals surface area contributed by atoms with Crippen molar-refractivity contribution in [3.8, 4) is 5.69 Å². The molecule has 3 aromatic rings. The Labute approximate surface area is 196 Å². The van der Waals surface area contributed by atoms with Crippen molar-refractivity contribution < 1.29 is 9.59 Å². The van der Waals surface area contributed by atoms with E-state index < -0.39 is 0 Å². The maximum atomic E-state index is 13.1. The van der Waals surface area contributed by atoms with E-state index in [0.29, 0.717) is 30.0 Å². The Bertz CT molecular complexity index is 1170. The lowest BCUT2D eigenvalue weighted by atomic mass is 10.0. The van der Waals surface area contributed by atoms with Crippen molar-refractivity contribution >= 4 is 28.8 Å². The van der Waals surface area contributed by atoms with Crippen molar-refractivity contribution in [3.63, 3.8) is 0 Å². The molecule has 174 valence electrons. The van der Waals surface area contributed by atoms with Gasteiger partial charge in [-0.25, -0.2) is 4.68 Å². The minimum absolute atomic E-state index is 0.0465. The maximum Gasteiger partial charge on any atom is 0.295 e. The highest BCUT2D eigenvalue weighted by molar-refractivity contribution is 7.08. The number of thiophene rings is 1. The Morgan fingerprint density at radius 3 is 2.45 bits per heavy atom. The molecule has 4 rings (SSSR count). The molecule has 1 saturated heterocycles. The summed E-state index contributed by atoms with van der Waals surface area (Å²) in [4.78, 5) is 40.4. The molecule has 2 aromatic heterocycles. The molecule has 1 aromatic carbocycles. The fourth-order valence-corrected chi connectivity index (χ4v) is 4.84. The molecule has 1 aliphatic heterocycles. The summed E-state index contributed by atoms with van der Waals surface area (Å²) in [5.74, 6) is -0.253. The van der Waals surface area contributed by atoms with Gasteiger partial charge in [-0.3, -0.25) is 24.0 Å². The Kier molecular flexibility index (Phi) is 6.80. The van der Waals surface area contributed by atoms with Crippen LogP contribution in [0.2, 0.25) is 0 Å². The molecule has 33 heavy (non-hydrogen) atoms. The van der Waals surface area contributed by atoms with Crippen LogP contribution in [0, 0.1) is 6.92 Å². The molecule has 3 heterocycles. The van der Waals surface area contributed by atoms with E-state index in [9.17, 15) is 14.4 Å². The molecule has 0 spiro atoms.